The monoisotopic (exact) mass is 299 g/mol. The number of aromatic amines is 1. The Morgan fingerprint density at radius 3 is 3.06 bits per heavy atom. The van der Waals surface area contributed by atoms with E-state index in [2.05, 4.69) is 38.4 Å². The highest BCUT2D eigenvalue weighted by Crippen LogP contribution is 2.30. The molecule has 0 spiro atoms. The highest BCUT2D eigenvalue weighted by molar-refractivity contribution is 9.10. The van der Waals surface area contributed by atoms with Gasteiger partial charge in [-0.05, 0) is 34.7 Å². The maximum atomic E-state index is 11.4. The Kier molecular flexibility index (Phi) is 4.20. The Hall–Kier alpha value is -0.840. The normalized spacial score (nSPS) is 24.6. The van der Waals surface area contributed by atoms with Crippen molar-refractivity contribution in [3.8, 4) is 0 Å². The van der Waals surface area contributed by atoms with Gasteiger partial charge in [0.2, 0.25) is 0 Å². The standard InChI is InChI=1S/C12H18BrN3O/c1-2-8-5-3-4-6-9(8)15-10-7-14-16-12(17)11(10)13/h7-9H,2-6H2,1H3,(H2,15,16,17). The molecule has 1 aliphatic carbocycles. The second-order valence-electron chi connectivity index (χ2n) is 4.63. The molecule has 1 aromatic rings. The van der Waals surface area contributed by atoms with Crippen LogP contribution in [0.5, 0.6) is 0 Å². The zero-order valence-electron chi connectivity index (χ0n) is 10.0. The Morgan fingerprint density at radius 1 is 1.53 bits per heavy atom. The van der Waals surface area contributed by atoms with Gasteiger partial charge in [-0.25, -0.2) is 5.10 Å². The number of hydrogen-bond donors (Lipinski definition) is 2. The first-order chi connectivity index (χ1) is 8.22. The van der Waals surface area contributed by atoms with Crippen LogP contribution in [0.4, 0.5) is 5.69 Å². The van der Waals surface area contributed by atoms with Crippen molar-refractivity contribution in [3.63, 3.8) is 0 Å². The lowest BCUT2D eigenvalue weighted by atomic mass is 9.83. The third-order valence-corrected chi connectivity index (χ3v) is 4.36. The Bertz CT molecular complexity index is 432. The summed E-state index contributed by atoms with van der Waals surface area (Å²) in [6.45, 7) is 2.23. The maximum Gasteiger partial charge on any atom is 0.280 e. The van der Waals surface area contributed by atoms with Gasteiger partial charge in [-0.15, -0.1) is 0 Å². The molecule has 0 amide bonds. The molecule has 1 aliphatic rings. The van der Waals surface area contributed by atoms with Crippen molar-refractivity contribution in [2.45, 2.75) is 45.1 Å². The first-order valence-electron chi connectivity index (χ1n) is 6.22. The number of hydrogen-bond acceptors (Lipinski definition) is 3. The van der Waals surface area contributed by atoms with Crippen molar-refractivity contribution in [2.75, 3.05) is 5.32 Å². The molecule has 2 unspecified atom stereocenters. The minimum Gasteiger partial charge on any atom is -0.380 e. The van der Waals surface area contributed by atoms with E-state index in [0.29, 0.717) is 16.4 Å². The van der Waals surface area contributed by atoms with Gasteiger partial charge in [-0.1, -0.05) is 26.2 Å². The molecule has 17 heavy (non-hydrogen) atoms. The van der Waals surface area contributed by atoms with Crippen LogP contribution in [0.3, 0.4) is 0 Å². The molecule has 1 fully saturated rings. The molecule has 1 heterocycles. The van der Waals surface area contributed by atoms with Crippen molar-refractivity contribution in [3.05, 3.63) is 21.0 Å². The highest BCUT2D eigenvalue weighted by atomic mass is 79.9. The fourth-order valence-electron chi connectivity index (χ4n) is 2.57. The topological polar surface area (TPSA) is 57.8 Å². The van der Waals surface area contributed by atoms with Gasteiger partial charge in [-0.3, -0.25) is 4.79 Å². The lowest BCUT2D eigenvalue weighted by molar-refractivity contribution is 0.317. The van der Waals surface area contributed by atoms with Gasteiger partial charge in [0.05, 0.1) is 11.9 Å². The Balaban J connectivity index is 2.13. The van der Waals surface area contributed by atoms with Crippen molar-refractivity contribution < 1.29 is 0 Å². The molecular weight excluding hydrogens is 282 g/mol. The number of nitrogens with one attached hydrogen (secondary N) is 2. The van der Waals surface area contributed by atoms with Gasteiger partial charge < -0.3 is 5.32 Å². The van der Waals surface area contributed by atoms with Crippen LogP contribution in [0, 0.1) is 5.92 Å². The first kappa shape index (κ1) is 12.6. The van der Waals surface area contributed by atoms with E-state index >= 15 is 0 Å². The van der Waals surface area contributed by atoms with Crippen LogP contribution in [0.2, 0.25) is 0 Å². The highest BCUT2D eigenvalue weighted by Gasteiger charge is 2.24. The molecule has 0 saturated heterocycles. The quantitative estimate of drug-likeness (QED) is 0.902. The minimum atomic E-state index is -0.182. The van der Waals surface area contributed by atoms with Crippen LogP contribution in [0.25, 0.3) is 0 Å². The van der Waals surface area contributed by atoms with E-state index in [1.54, 1.807) is 6.20 Å². The minimum absolute atomic E-state index is 0.182. The number of rotatable bonds is 3. The number of nitrogens with zero attached hydrogens (tertiary/aromatic N) is 1. The van der Waals surface area contributed by atoms with Gasteiger partial charge in [0, 0.05) is 6.04 Å². The number of halogens is 1. The second kappa shape index (κ2) is 5.67. The zero-order valence-corrected chi connectivity index (χ0v) is 11.6. The number of H-pyrrole nitrogens is 1. The molecule has 2 rings (SSSR count). The summed E-state index contributed by atoms with van der Waals surface area (Å²) in [5.41, 5.74) is 0.623. The molecule has 0 aliphatic heterocycles. The molecule has 0 aromatic carbocycles. The molecule has 1 aromatic heterocycles. The van der Waals surface area contributed by atoms with E-state index in [1.807, 2.05) is 0 Å². The molecule has 4 nitrogen and oxygen atoms in total. The molecule has 0 radical (unpaired) electrons. The summed E-state index contributed by atoms with van der Waals surface area (Å²) in [5, 5.41) is 9.70. The second-order valence-corrected chi connectivity index (χ2v) is 5.42. The van der Waals surface area contributed by atoms with Crippen LogP contribution in [0.15, 0.2) is 15.5 Å². The summed E-state index contributed by atoms with van der Waals surface area (Å²) in [5.74, 6) is 0.704. The van der Waals surface area contributed by atoms with Crippen LogP contribution in [0.1, 0.15) is 39.0 Å². The van der Waals surface area contributed by atoms with Crippen molar-refractivity contribution in [2.24, 2.45) is 5.92 Å². The van der Waals surface area contributed by atoms with Gasteiger partial charge in [0.25, 0.3) is 5.56 Å². The third kappa shape index (κ3) is 2.89. The summed E-state index contributed by atoms with van der Waals surface area (Å²) in [7, 11) is 0. The van der Waals surface area contributed by atoms with Gasteiger partial charge in [0.1, 0.15) is 4.47 Å². The summed E-state index contributed by atoms with van der Waals surface area (Å²) in [6.07, 6.45) is 7.91. The Labute approximate surface area is 109 Å². The zero-order chi connectivity index (χ0) is 12.3. The predicted octanol–water partition coefficient (Wildman–Crippen LogP) is 2.91. The average Bonchev–Trinajstić information content (AvgIpc) is 2.35. The van der Waals surface area contributed by atoms with Crippen molar-refractivity contribution in [1.29, 1.82) is 0 Å². The lowest BCUT2D eigenvalue weighted by Crippen LogP contribution is -2.32. The number of anilines is 1. The molecular formula is C12H18BrN3O. The van der Waals surface area contributed by atoms with E-state index in [0.717, 1.165) is 5.69 Å². The van der Waals surface area contributed by atoms with Crippen molar-refractivity contribution >= 4 is 21.6 Å². The lowest BCUT2D eigenvalue weighted by Gasteiger charge is -2.32. The molecule has 0 bridgehead atoms. The smallest absolute Gasteiger partial charge is 0.280 e. The largest absolute Gasteiger partial charge is 0.380 e. The fraction of sp³-hybridized carbons (Fsp3) is 0.667. The molecule has 1 saturated carbocycles. The molecule has 5 heteroatoms. The van der Waals surface area contributed by atoms with Crippen molar-refractivity contribution in [1.82, 2.24) is 10.2 Å². The van der Waals surface area contributed by atoms with E-state index in [-0.39, 0.29) is 5.56 Å². The van der Waals surface area contributed by atoms with Gasteiger partial charge in [-0.2, -0.15) is 5.10 Å². The summed E-state index contributed by atoms with van der Waals surface area (Å²) < 4.78 is 0.549. The van der Waals surface area contributed by atoms with Gasteiger partial charge in [0.15, 0.2) is 0 Å². The predicted molar refractivity (Wildman–Crippen MR) is 72.2 cm³/mol. The van der Waals surface area contributed by atoms with E-state index in [9.17, 15) is 4.79 Å². The summed E-state index contributed by atoms with van der Waals surface area (Å²) in [6, 6.07) is 0.466. The fourth-order valence-corrected chi connectivity index (χ4v) is 2.88. The first-order valence-corrected chi connectivity index (χ1v) is 7.01. The number of aromatic nitrogens is 2. The molecule has 2 N–H and O–H groups in total. The third-order valence-electron chi connectivity index (χ3n) is 3.57. The summed E-state index contributed by atoms with van der Waals surface area (Å²) in [4.78, 5) is 11.4. The van der Waals surface area contributed by atoms with Crippen LogP contribution >= 0.6 is 15.9 Å². The summed E-state index contributed by atoms with van der Waals surface area (Å²) >= 11 is 3.30. The van der Waals surface area contributed by atoms with E-state index in [4.69, 9.17) is 0 Å². The van der Waals surface area contributed by atoms with E-state index < -0.39 is 0 Å². The SMILES string of the molecule is CCC1CCCCC1Nc1cn[nH]c(=O)c1Br. The molecule has 94 valence electrons. The van der Waals surface area contributed by atoms with Crippen LogP contribution in [-0.4, -0.2) is 16.2 Å². The van der Waals surface area contributed by atoms with Crippen LogP contribution in [-0.2, 0) is 0 Å². The van der Waals surface area contributed by atoms with Crippen LogP contribution < -0.4 is 10.9 Å². The molecule has 2 atom stereocenters. The average molecular weight is 300 g/mol. The maximum absolute atomic E-state index is 11.4. The van der Waals surface area contributed by atoms with E-state index in [1.165, 1.54) is 32.1 Å². The van der Waals surface area contributed by atoms with Gasteiger partial charge >= 0.3 is 0 Å². The Morgan fingerprint density at radius 2 is 2.29 bits per heavy atom.